The van der Waals surface area contributed by atoms with Crippen LogP contribution in [0.2, 0.25) is 0 Å². The van der Waals surface area contributed by atoms with Crippen molar-refractivity contribution in [3.8, 4) is 11.4 Å². The Balaban J connectivity index is 1.78. The van der Waals surface area contributed by atoms with Gasteiger partial charge in [0, 0.05) is 24.3 Å². The summed E-state index contributed by atoms with van der Waals surface area (Å²) in [6, 6.07) is 13.0. The topological polar surface area (TPSA) is 78.4 Å². The maximum absolute atomic E-state index is 11.1. The lowest BCUT2D eigenvalue weighted by atomic mass is 10.1. The Bertz CT molecular complexity index is 897. The zero-order valence-corrected chi connectivity index (χ0v) is 13.0. The number of rotatable bonds is 3. The number of nitrogens with zero attached hydrogens (tertiary/aromatic N) is 2. The van der Waals surface area contributed by atoms with E-state index in [4.69, 9.17) is 9.84 Å². The van der Waals surface area contributed by atoms with E-state index in [0.717, 1.165) is 54.4 Å². The van der Waals surface area contributed by atoms with Crippen LogP contribution in [-0.4, -0.2) is 47.3 Å². The van der Waals surface area contributed by atoms with Crippen LogP contribution in [0, 0.1) is 0 Å². The molecule has 2 N–H and O–H groups in total. The quantitative estimate of drug-likeness (QED) is 0.775. The number of aromatic carboxylic acids is 1. The number of aromatic nitrogens is 2. The van der Waals surface area contributed by atoms with Crippen molar-refractivity contribution in [2.45, 2.75) is 0 Å². The Morgan fingerprint density at radius 2 is 1.96 bits per heavy atom. The van der Waals surface area contributed by atoms with Gasteiger partial charge in [-0.05, 0) is 30.3 Å². The first-order chi connectivity index (χ1) is 11.7. The fourth-order valence-electron chi connectivity index (χ4n) is 3.02. The van der Waals surface area contributed by atoms with Crippen molar-refractivity contribution >= 4 is 22.7 Å². The summed E-state index contributed by atoms with van der Waals surface area (Å²) in [5.74, 6) is -0.198. The molecule has 2 heterocycles. The Kier molecular flexibility index (Phi) is 3.66. The summed E-state index contributed by atoms with van der Waals surface area (Å²) >= 11 is 0. The minimum atomic E-state index is -0.943. The first-order valence-electron chi connectivity index (χ1n) is 7.87. The lowest BCUT2D eigenvalue weighted by molar-refractivity contribution is 0.0697. The lowest BCUT2D eigenvalue weighted by Gasteiger charge is -2.30. The highest BCUT2D eigenvalue weighted by atomic mass is 16.5. The number of fused-ring (bicyclic) bond motifs is 1. The Morgan fingerprint density at radius 1 is 1.17 bits per heavy atom. The third-order valence-corrected chi connectivity index (χ3v) is 4.24. The van der Waals surface area contributed by atoms with E-state index in [1.165, 1.54) is 0 Å². The number of aromatic amines is 1. The first kappa shape index (κ1) is 14.7. The molecule has 24 heavy (non-hydrogen) atoms. The van der Waals surface area contributed by atoms with Crippen LogP contribution < -0.4 is 4.90 Å². The highest BCUT2D eigenvalue weighted by Gasteiger charge is 2.17. The molecule has 0 bridgehead atoms. The SMILES string of the molecule is O=C(O)c1ccc2nc(-c3ccccc3N3CCOCC3)[nH]c2c1. The Labute approximate surface area is 138 Å². The van der Waals surface area contributed by atoms with E-state index in [1.54, 1.807) is 18.2 Å². The van der Waals surface area contributed by atoms with Gasteiger partial charge in [0.05, 0.1) is 29.8 Å². The first-order valence-corrected chi connectivity index (χ1v) is 7.87. The van der Waals surface area contributed by atoms with Gasteiger partial charge >= 0.3 is 5.97 Å². The number of anilines is 1. The van der Waals surface area contributed by atoms with Crippen molar-refractivity contribution < 1.29 is 14.6 Å². The van der Waals surface area contributed by atoms with Crippen LogP contribution in [0.3, 0.4) is 0 Å². The second kappa shape index (κ2) is 5.98. The third-order valence-electron chi connectivity index (χ3n) is 4.24. The molecule has 0 radical (unpaired) electrons. The molecule has 6 heteroatoms. The number of carboxylic acid groups (broad SMARTS) is 1. The van der Waals surface area contributed by atoms with E-state index in [1.807, 2.05) is 18.2 Å². The van der Waals surface area contributed by atoms with E-state index < -0.39 is 5.97 Å². The van der Waals surface area contributed by atoms with Crippen molar-refractivity contribution in [3.63, 3.8) is 0 Å². The van der Waals surface area contributed by atoms with Crippen molar-refractivity contribution in [2.75, 3.05) is 31.2 Å². The zero-order chi connectivity index (χ0) is 16.5. The van der Waals surface area contributed by atoms with Gasteiger partial charge < -0.3 is 19.7 Å². The maximum atomic E-state index is 11.1. The molecule has 0 saturated carbocycles. The number of carbonyl (C=O) groups is 1. The fraction of sp³-hybridized carbons (Fsp3) is 0.222. The summed E-state index contributed by atoms with van der Waals surface area (Å²) in [6.45, 7) is 3.13. The smallest absolute Gasteiger partial charge is 0.335 e. The molecule has 0 unspecified atom stereocenters. The van der Waals surface area contributed by atoms with Gasteiger partial charge in [0.25, 0.3) is 0 Å². The molecule has 1 aliphatic rings. The van der Waals surface area contributed by atoms with Gasteiger partial charge in [0.2, 0.25) is 0 Å². The number of hydrogen-bond acceptors (Lipinski definition) is 4. The minimum Gasteiger partial charge on any atom is -0.478 e. The molecule has 1 saturated heterocycles. The molecule has 1 fully saturated rings. The molecular formula is C18H17N3O3. The number of benzene rings is 2. The monoisotopic (exact) mass is 323 g/mol. The summed E-state index contributed by atoms with van der Waals surface area (Å²) in [5.41, 5.74) is 3.85. The summed E-state index contributed by atoms with van der Waals surface area (Å²) in [6.07, 6.45) is 0. The number of H-pyrrole nitrogens is 1. The van der Waals surface area contributed by atoms with Gasteiger partial charge in [0.1, 0.15) is 5.82 Å². The number of ether oxygens (including phenoxy) is 1. The molecule has 1 aromatic heterocycles. The molecule has 2 aromatic carbocycles. The average molecular weight is 323 g/mol. The van der Waals surface area contributed by atoms with Gasteiger partial charge in [-0.25, -0.2) is 9.78 Å². The third kappa shape index (κ3) is 2.61. The fourth-order valence-corrected chi connectivity index (χ4v) is 3.02. The molecule has 6 nitrogen and oxygen atoms in total. The van der Waals surface area contributed by atoms with Crippen molar-refractivity contribution in [2.24, 2.45) is 0 Å². The van der Waals surface area contributed by atoms with E-state index in [2.05, 4.69) is 20.9 Å². The molecule has 3 aromatic rings. The Morgan fingerprint density at radius 3 is 2.75 bits per heavy atom. The van der Waals surface area contributed by atoms with Crippen LogP contribution in [-0.2, 0) is 4.74 Å². The van der Waals surface area contributed by atoms with Gasteiger partial charge in [0.15, 0.2) is 0 Å². The molecule has 4 rings (SSSR count). The number of imidazole rings is 1. The van der Waals surface area contributed by atoms with Gasteiger partial charge in [-0.15, -0.1) is 0 Å². The Hall–Kier alpha value is -2.86. The summed E-state index contributed by atoms with van der Waals surface area (Å²) in [5, 5.41) is 9.13. The number of carboxylic acids is 1. The highest BCUT2D eigenvalue weighted by molar-refractivity contribution is 5.93. The van der Waals surface area contributed by atoms with Crippen molar-refractivity contribution in [1.29, 1.82) is 0 Å². The number of nitrogens with one attached hydrogen (secondary N) is 1. The van der Waals surface area contributed by atoms with Crippen LogP contribution in [0.5, 0.6) is 0 Å². The number of para-hydroxylation sites is 1. The van der Waals surface area contributed by atoms with Gasteiger partial charge in [-0.3, -0.25) is 0 Å². The second-order valence-electron chi connectivity index (χ2n) is 5.74. The summed E-state index contributed by atoms with van der Waals surface area (Å²) in [7, 11) is 0. The standard InChI is InChI=1S/C18H17N3O3/c22-18(23)12-5-6-14-15(11-12)20-17(19-14)13-3-1-2-4-16(13)21-7-9-24-10-8-21/h1-6,11H,7-10H2,(H,19,20)(H,22,23). The van der Waals surface area contributed by atoms with Crippen LogP contribution >= 0.6 is 0 Å². The molecule has 0 atom stereocenters. The van der Waals surface area contributed by atoms with Crippen LogP contribution in [0.15, 0.2) is 42.5 Å². The number of morpholine rings is 1. The molecule has 122 valence electrons. The predicted molar refractivity (Wildman–Crippen MR) is 91.5 cm³/mol. The van der Waals surface area contributed by atoms with E-state index in [9.17, 15) is 4.79 Å². The molecular weight excluding hydrogens is 306 g/mol. The normalized spacial score (nSPS) is 14.9. The minimum absolute atomic E-state index is 0.249. The second-order valence-corrected chi connectivity index (χ2v) is 5.74. The highest BCUT2D eigenvalue weighted by Crippen LogP contribution is 2.31. The average Bonchev–Trinajstić information content (AvgIpc) is 3.05. The van der Waals surface area contributed by atoms with Gasteiger partial charge in [-0.1, -0.05) is 12.1 Å². The summed E-state index contributed by atoms with van der Waals surface area (Å²) < 4.78 is 5.43. The predicted octanol–water partition coefficient (Wildman–Crippen LogP) is 2.76. The molecule has 0 amide bonds. The van der Waals surface area contributed by atoms with Crippen LogP contribution in [0.4, 0.5) is 5.69 Å². The van der Waals surface area contributed by atoms with E-state index in [-0.39, 0.29) is 5.56 Å². The van der Waals surface area contributed by atoms with E-state index >= 15 is 0 Å². The summed E-state index contributed by atoms with van der Waals surface area (Å²) in [4.78, 5) is 21.3. The van der Waals surface area contributed by atoms with Crippen LogP contribution in [0.1, 0.15) is 10.4 Å². The molecule has 1 aliphatic heterocycles. The number of hydrogen-bond donors (Lipinski definition) is 2. The maximum Gasteiger partial charge on any atom is 0.335 e. The van der Waals surface area contributed by atoms with Crippen LogP contribution in [0.25, 0.3) is 22.4 Å². The largest absolute Gasteiger partial charge is 0.478 e. The lowest BCUT2D eigenvalue weighted by Crippen LogP contribution is -2.36. The zero-order valence-electron chi connectivity index (χ0n) is 13.0. The van der Waals surface area contributed by atoms with Crippen molar-refractivity contribution in [3.05, 3.63) is 48.0 Å². The molecule has 0 spiro atoms. The molecule has 0 aliphatic carbocycles. The van der Waals surface area contributed by atoms with Gasteiger partial charge in [-0.2, -0.15) is 0 Å². The van der Waals surface area contributed by atoms with E-state index in [0.29, 0.717) is 0 Å². The van der Waals surface area contributed by atoms with Crippen molar-refractivity contribution in [1.82, 2.24) is 9.97 Å².